The zero-order valence-corrected chi connectivity index (χ0v) is 16.9. The van der Waals surface area contributed by atoms with Crippen molar-refractivity contribution in [2.24, 2.45) is 0 Å². The molecule has 2 atom stereocenters. The van der Waals surface area contributed by atoms with E-state index in [1.807, 2.05) is 24.3 Å². The van der Waals surface area contributed by atoms with Crippen LogP contribution in [0.2, 0.25) is 0 Å². The van der Waals surface area contributed by atoms with E-state index in [-0.39, 0.29) is 17.4 Å². The van der Waals surface area contributed by atoms with Gasteiger partial charge in [-0.2, -0.15) is 0 Å². The predicted molar refractivity (Wildman–Crippen MR) is 105 cm³/mol. The second kappa shape index (κ2) is 7.56. The monoisotopic (exact) mass is 445 g/mol. The van der Waals surface area contributed by atoms with E-state index in [0.29, 0.717) is 18.9 Å². The third-order valence-electron chi connectivity index (χ3n) is 5.10. The third kappa shape index (κ3) is 3.40. The maximum Gasteiger partial charge on any atom is 0.290 e. The summed E-state index contributed by atoms with van der Waals surface area (Å²) in [6.07, 6.45) is 1.67. The molecular weight excluding hydrogens is 426 g/mol. The molecule has 1 aromatic carbocycles. The van der Waals surface area contributed by atoms with Crippen LogP contribution in [0.5, 0.6) is 0 Å². The Hall–Kier alpha value is -2.38. The van der Waals surface area contributed by atoms with E-state index in [2.05, 4.69) is 15.9 Å². The van der Waals surface area contributed by atoms with Gasteiger partial charge in [0, 0.05) is 17.6 Å². The lowest BCUT2D eigenvalue weighted by molar-refractivity contribution is -0.131. The quantitative estimate of drug-likeness (QED) is 0.700. The molecule has 4 rings (SSSR count). The van der Waals surface area contributed by atoms with Crippen molar-refractivity contribution in [3.05, 3.63) is 69.3 Å². The number of carbonyl (C=O) groups is 2. The molecule has 146 valence electrons. The number of furan rings is 1. The van der Waals surface area contributed by atoms with Gasteiger partial charge < -0.3 is 19.2 Å². The maximum absolute atomic E-state index is 13.1. The average Bonchev–Trinajstić information content (AvgIpc) is 3.38. The summed E-state index contributed by atoms with van der Waals surface area (Å²) in [5.74, 6) is -0.887. The van der Waals surface area contributed by atoms with Gasteiger partial charge in [0.05, 0.1) is 17.7 Å². The van der Waals surface area contributed by atoms with E-state index in [1.165, 1.54) is 4.90 Å². The van der Waals surface area contributed by atoms with E-state index in [0.717, 1.165) is 22.9 Å². The highest BCUT2D eigenvalue weighted by molar-refractivity contribution is 9.10. The molecule has 1 aromatic heterocycles. The fourth-order valence-corrected chi connectivity index (χ4v) is 4.21. The van der Waals surface area contributed by atoms with Crippen LogP contribution in [0, 0.1) is 6.92 Å². The zero-order valence-electron chi connectivity index (χ0n) is 15.4. The van der Waals surface area contributed by atoms with Crippen LogP contribution in [0.15, 0.2) is 56.6 Å². The number of hydrogen-bond donors (Lipinski definition) is 1. The van der Waals surface area contributed by atoms with Crippen LogP contribution >= 0.6 is 15.9 Å². The molecule has 3 heterocycles. The first-order valence-corrected chi connectivity index (χ1v) is 9.97. The van der Waals surface area contributed by atoms with Gasteiger partial charge in [-0.3, -0.25) is 9.59 Å². The molecule has 1 saturated heterocycles. The van der Waals surface area contributed by atoms with E-state index in [4.69, 9.17) is 9.15 Å². The SMILES string of the molecule is Cc1ccc(C(=O)C2=C(O)C(=O)N(CC3CCCO3)C2c2cccc(Br)c2)o1. The minimum atomic E-state index is -0.702. The highest BCUT2D eigenvalue weighted by Gasteiger charge is 2.45. The van der Waals surface area contributed by atoms with Crippen molar-refractivity contribution in [3.63, 3.8) is 0 Å². The second-order valence-corrected chi connectivity index (χ2v) is 7.97. The minimum absolute atomic E-state index is 0.0375. The first-order valence-electron chi connectivity index (χ1n) is 9.18. The van der Waals surface area contributed by atoms with Crippen LogP contribution in [0.3, 0.4) is 0 Å². The predicted octanol–water partition coefficient (Wildman–Crippen LogP) is 4.11. The van der Waals surface area contributed by atoms with Crippen molar-refractivity contribution >= 4 is 27.6 Å². The Kier molecular flexibility index (Phi) is 5.12. The van der Waals surface area contributed by atoms with Crippen LogP contribution in [0.25, 0.3) is 0 Å². The number of halogens is 1. The van der Waals surface area contributed by atoms with Crippen molar-refractivity contribution in [3.8, 4) is 0 Å². The van der Waals surface area contributed by atoms with Crippen molar-refractivity contribution in [1.82, 2.24) is 4.90 Å². The van der Waals surface area contributed by atoms with E-state index < -0.39 is 23.5 Å². The summed E-state index contributed by atoms with van der Waals surface area (Å²) in [7, 11) is 0. The number of aryl methyl sites for hydroxylation is 1. The summed E-state index contributed by atoms with van der Waals surface area (Å²) in [5.41, 5.74) is 0.770. The lowest BCUT2D eigenvalue weighted by atomic mass is 9.95. The fourth-order valence-electron chi connectivity index (χ4n) is 3.79. The molecule has 2 aromatic rings. The molecule has 0 radical (unpaired) electrons. The third-order valence-corrected chi connectivity index (χ3v) is 5.59. The van der Waals surface area contributed by atoms with E-state index in [9.17, 15) is 14.7 Å². The van der Waals surface area contributed by atoms with Crippen LogP contribution in [0.1, 0.15) is 40.8 Å². The van der Waals surface area contributed by atoms with E-state index >= 15 is 0 Å². The Morgan fingerprint density at radius 2 is 2.14 bits per heavy atom. The second-order valence-electron chi connectivity index (χ2n) is 7.05. The van der Waals surface area contributed by atoms with Crippen molar-refractivity contribution in [2.75, 3.05) is 13.2 Å². The van der Waals surface area contributed by atoms with Crippen molar-refractivity contribution in [1.29, 1.82) is 0 Å². The molecule has 2 aliphatic rings. The number of amides is 1. The summed E-state index contributed by atoms with van der Waals surface area (Å²) in [6.45, 7) is 2.71. The topological polar surface area (TPSA) is 80.0 Å². The molecule has 1 amide bonds. The van der Waals surface area contributed by atoms with E-state index in [1.54, 1.807) is 19.1 Å². The van der Waals surface area contributed by atoms with Crippen LogP contribution in [-0.4, -0.2) is 41.0 Å². The first kappa shape index (κ1) is 19.0. The van der Waals surface area contributed by atoms with Gasteiger partial charge in [0.2, 0.25) is 5.78 Å². The summed E-state index contributed by atoms with van der Waals surface area (Å²) in [5, 5.41) is 10.6. The Balaban J connectivity index is 1.77. The van der Waals surface area contributed by atoms with Gasteiger partial charge in [-0.05, 0) is 49.6 Å². The molecule has 6 nitrogen and oxygen atoms in total. The number of ketones is 1. The molecule has 0 spiro atoms. The normalized spacial score (nSPS) is 22.4. The Morgan fingerprint density at radius 3 is 2.79 bits per heavy atom. The molecule has 0 bridgehead atoms. The smallest absolute Gasteiger partial charge is 0.290 e. The van der Waals surface area contributed by atoms with Crippen molar-refractivity contribution < 1.29 is 23.8 Å². The fraction of sp³-hybridized carbons (Fsp3) is 0.333. The largest absolute Gasteiger partial charge is 0.503 e. The maximum atomic E-state index is 13.1. The molecule has 28 heavy (non-hydrogen) atoms. The van der Waals surface area contributed by atoms with Crippen LogP contribution < -0.4 is 0 Å². The number of Topliss-reactive ketones (excluding diaryl/α,β-unsaturated/α-hetero) is 1. The minimum Gasteiger partial charge on any atom is -0.503 e. The van der Waals surface area contributed by atoms with Gasteiger partial charge >= 0.3 is 0 Å². The highest BCUT2D eigenvalue weighted by atomic mass is 79.9. The Morgan fingerprint density at radius 1 is 1.32 bits per heavy atom. The zero-order chi connectivity index (χ0) is 19.8. The number of aliphatic hydroxyl groups is 1. The molecule has 0 aliphatic carbocycles. The standard InChI is InChI=1S/C21H20BrNO5/c1-12-7-8-16(28-12)19(24)17-18(13-4-2-5-14(22)10-13)23(21(26)20(17)25)11-15-6-3-9-27-15/h2,4-5,7-8,10,15,18,25H,3,6,9,11H2,1H3. The molecule has 1 fully saturated rings. The molecule has 7 heteroatoms. The summed E-state index contributed by atoms with van der Waals surface area (Å²) in [6, 6.07) is 9.92. The highest BCUT2D eigenvalue weighted by Crippen LogP contribution is 2.40. The molecule has 2 unspecified atom stereocenters. The van der Waals surface area contributed by atoms with Gasteiger partial charge in [-0.1, -0.05) is 28.1 Å². The number of hydrogen-bond acceptors (Lipinski definition) is 5. The summed E-state index contributed by atoms with van der Waals surface area (Å²) >= 11 is 3.44. The lowest BCUT2D eigenvalue weighted by Gasteiger charge is -2.28. The van der Waals surface area contributed by atoms with Gasteiger partial charge in [0.15, 0.2) is 11.5 Å². The van der Waals surface area contributed by atoms with Crippen LogP contribution in [-0.2, 0) is 9.53 Å². The van der Waals surface area contributed by atoms with Gasteiger partial charge in [0.25, 0.3) is 5.91 Å². The number of rotatable bonds is 5. The van der Waals surface area contributed by atoms with Gasteiger partial charge in [0.1, 0.15) is 5.76 Å². The average molecular weight is 446 g/mol. The van der Waals surface area contributed by atoms with Crippen LogP contribution in [0.4, 0.5) is 0 Å². The number of nitrogens with zero attached hydrogens (tertiary/aromatic N) is 1. The summed E-state index contributed by atoms with van der Waals surface area (Å²) in [4.78, 5) is 27.5. The number of benzene rings is 1. The number of ether oxygens (including phenoxy) is 1. The molecule has 2 aliphatic heterocycles. The number of aliphatic hydroxyl groups excluding tert-OH is 1. The summed E-state index contributed by atoms with van der Waals surface area (Å²) < 4.78 is 12.0. The molecular formula is C21H20BrNO5. The van der Waals surface area contributed by atoms with Gasteiger partial charge in [-0.15, -0.1) is 0 Å². The molecule has 1 N–H and O–H groups in total. The number of carbonyl (C=O) groups excluding carboxylic acids is 2. The van der Waals surface area contributed by atoms with Crippen molar-refractivity contribution in [2.45, 2.75) is 31.9 Å². The Labute approximate surface area is 170 Å². The molecule has 0 saturated carbocycles. The van der Waals surface area contributed by atoms with Gasteiger partial charge in [-0.25, -0.2) is 0 Å². The lowest BCUT2D eigenvalue weighted by Crippen LogP contribution is -2.37. The Bertz CT molecular complexity index is 957. The first-order chi connectivity index (χ1) is 13.5.